The lowest BCUT2D eigenvalue weighted by molar-refractivity contribution is -0.142. The summed E-state index contributed by atoms with van der Waals surface area (Å²) in [6.07, 6.45) is 14.1. The molecule has 0 spiro atoms. The van der Waals surface area contributed by atoms with Crippen molar-refractivity contribution < 1.29 is 14.6 Å². The third kappa shape index (κ3) is 7.21. The minimum Gasteiger partial charge on any atom is -0.492 e. The zero-order valence-corrected chi connectivity index (χ0v) is 22.5. The maximum atomic E-state index is 11.7. The standard InChI is InChI=1S/C33H36N2O3/c1-6-25-13-12-24(19-26(25)7-2)21-32(3,4)35-17-10-18-38-30-15-14-27(20-29(30)23-34)28-11-8-9-16-33(5,22-28)31(36)37/h6-9,11-16,19-20,22,35H,1-2,10,17-18,21H2,3-5H3,(H,36,37). The summed E-state index contributed by atoms with van der Waals surface area (Å²) in [6.45, 7) is 15.0. The van der Waals surface area contributed by atoms with E-state index in [1.807, 2.05) is 24.3 Å². The molecule has 0 radical (unpaired) electrons. The van der Waals surface area contributed by atoms with Crippen LogP contribution in [-0.4, -0.2) is 29.8 Å². The van der Waals surface area contributed by atoms with E-state index < -0.39 is 11.4 Å². The van der Waals surface area contributed by atoms with Crippen LogP contribution in [0.3, 0.4) is 0 Å². The zero-order valence-electron chi connectivity index (χ0n) is 22.5. The van der Waals surface area contributed by atoms with E-state index in [1.165, 1.54) is 5.56 Å². The first-order valence-corrected chi connectivity index (χ1v) is 12.7. The Morgan fingerprint density at radius 2 is 1.92 bits per heavy atom. The minimum absolute atomic E-state index is 0.104. The van der Waals surface area contributed by atoms with Gasteiger partial charge in [0, 0.05) is 5.54 Å². The third-order valence-corrected chi connectivity index (χ3v) is 6.60. The van der Waals surface area contributed by atoms with Crippen LogP contribution in [0.2, 0.25) is 0 Å². The maximum Gasteiger partial charge on any atom is 0.317 e. The normalized spacial score (nSPS) is 16.7. The quantitative estimate of drug-likeness (QED) is 0.307. The lowest BCUT2D eigenvalue weighted by Crippen LogP contribution is -2.42. The van der Waals surface area contributed by atoms with Crippen molar-refractivity contribution in [2.24, 2.45) is 5.41 Å². The van der Waals surface area contributed by atoms with Crippen molar-refractivity contribution >= 4 is 23.7 Å². The van der Waals surface area contributed by atoms with E-state index in [4.69, 9.17) is 4.74 Å². The molecule has 0 bridgehead atoms. The van der Waals surface area contributed by atoms with Gasteiger partial charge < -0.3 is 15.2 Å². The summed E-state index contributed by atoms with van der Waals surface area (Å²) < 4.78 is 5.94. The number of hydrogen-bond acceptors (Lipinski definition) is 4. The van der Waals surface area contributed by atoms with Crippen molar-refractivity contribution in [2.45, 2.75) is 39.2 Å². The van der Waals surface area contributed by atoms with Gasteiger partial charge in [-0.05, 0) is 80.1 Å². The van der Waals surface area contributed by atoms with Crippen LogP contribution >= 0.6 is 0 Å². The highest BCUT2D eigenvalue weighted by Gasteiger charge is 2.28. The molecule has 5 nitrogen and oxygen atoms in total. The number of carboxylic acids is 1. The van der Waals surface area contributed by atoms with Gasteiger partial charge >= 0.3 is 5.97 Å². The Morgan fingerprint density at radius 1 is 1.16 bits per heavy atom. The molecule has 0 aliphatic heterocycles. The highest BCUT2D eigenvalue weighted by molar-refractivity contribution is 5.86. The van der Waals surface area contributed by atoms with Gasteiger partial charge in [0.25, 0.3) is 0 Å². The van der Waals surface area contributed by atoms with Crippen molar-refractivity contribution in [2.75, 3.05) is 13.2 Å². The first-order chi connectivity index (χ1) is 18.1. The molecule has 196 valence electrons. The number of ether oxygens (including phenoxy) is 1. The van der Waals surface area contributed by atoms with Crippen molar-refractivity contribution in [1.82, 2.24) is 5.32 Å². The molecule has 2 N–H and O–H groups in total. The van der Waals surface area contributed by atoms with Gasteiger partial charge in [-0.15, -0.1) is 0 Å². The number of aliphatic carboxylic acids is 1. The van der Waals surface area contributed by atoms with E-state index in [2.05, 4.69) is 56.6 Å². The lowest BCUT2D eigenvalue weighted by Gasteiger charge is -2.27. The maximum absolute atomic E-state index is 11.7. The van der Waals surface area contributed by atoms with Gasteiger partial charge in [-0.2, -0.15) is 5.26 Å². The second kappa shape index (κ2) is 12.4. The first kappa shape index (κ1) is 28.4. The molecule has 0 amide bonds. The summed E-state index contributed by atoms with van der Waals surface area (Å²) in [5, 5.41) is 22.9. The van der Waals surface area contributed by atoms with Gasteiger partial charge in [-0.3, -0.25) is 4.79 Å². The Hall–Kier alpha value is -4.14. The number of benzene rings is 2. The molecule has 2 aromatic carbocycles. The Labute approximate surface area is 226 Å². The number of nitrogens with zero attached hydrogens (tertiary/aromatic N) is 1. The van der Waals surface area contributed by atoms with Gasteiger partial charge in [0.05, 0.1) is 12.2 Å². The molecule has 5 heteroatoms. The molecule has 1 aliphatic rings. The highest BCUT2D eigenvalue weighted by Crippen LogP contribution is 2.32. The number of nitriles is 1. The molecule has 0 heterocycles. The number of carbonyl (C=O) groups is 1. The van der Waals surface area contributed by atoms with Crippen molar-refractivity contribution in [1.29, 1.82) is 5.26 Å². The van der Waals surface area contributed by atoms with Crippen LogP contribution in [0.25, 0.3) is 17.7 Å². The summed E-state index contributed by atoms with van der Waals surface area (Å²) in [4.78, 5) is 11.7. The second-order valence-corrected chi connectivity index (χ2v) is 10.3. The Bertz CT molecular complexity index is 1340. The predicted molar refractivity (Wildman–Crippen MR) is 156 cm³/mol. The van der Waals surface area contributed by atoms with E-state index in [0.29, 0.717) is 17.9 Å². The Morgan fingerprint density at radius 3 is 2.61 bits per heavy atom. The number of hydrogen-bond donors (Lipinski definition) is 2. The minimum atomic E-state index is -1.12. The summed E-state index contributed by atoms with van der Waals surface area (Å²) >= 11 is 0. The number of rotatable bonds is 12. The fraction of sp³-hybridized carbons (Fsp3) is 0.273. The topological polar surface area (TPSA) is 82.3 Å². The molecule has 2 aromatic rings. The molecule has 0 fully saturated rings. The summed E-state index contributed by atoms with van der Waals surface area (Å²) in [5.41, 5.74) is 4.10. The van der Waals surface area contributed by atoms with Crippen LogP contribution in [0.15, 0.2) is 79.9 Å². The van der Waals surface area contributed by atoms with Gasteiger partial charge in [-0.1, -0.05) is 80.0 Å². The summed E-state index contributed by atoms with van der Waals surface area (Å²) in [6, 6.07) is 13.9. The van der Waals surface area contributed by atoms with Crippen LogP contribution in [0.5, 0.6) is 5.75 Å². The second-order valence-electron chi connectivity index (χ2n) is 10.3. The fourth-order valence-electron chi connectivity index (χ4n) is 4.42. The van der Waals surface area contributed by atoms with Crippen molar-refractivity contribution in [3.05, 3.63) is 108 Å². The molecule has 1 unspecified atom stereocenters. The van der Waals surface area contributed by atoms with Crippen LogP contribution in [0.1, 0.15) is 55.0 Å². The predicted octanol–water partition coefficient (Wildman–Crippen LogP) is 6.82. The highest BCUT2D eigenvalue weighted by atomic mass is 16.5. The van der Waals surface area contributed by atoms with E-state index in [1.54, 1.807) is 43.4 Å². The van der Waals surface area contributed by atoms with E-state index in [-0.39, 0.29) is 5.54 Å². The molecular formula is C33H36N2O3. The van der Waals surface area contributed by atoms with E-state index in [9.17, 15) is 15.2 Å². The number of allylic oxidation sites excluding steroid dienone is 4. The molecular weight excluding hydrogens is 472 g/mol. The third-order valence-electron chi connectivity index (χ3n) is 6.60. The lowest BCUT2D eigenvalue weighted by atomic mass is 9.87. The average molecular weight is 509 g/mol. The summed E-state index contributed by atoms with van der Waals surface area (Å²) in [5.74, 6) is -0.411. The van der Waals surface area contributed by atoms with E-state index >= 15 is 0 Å². The molecule has 0 saturated carbocycles. The SMILES string of the molecule is C=Cc1ccc(CC(C)(C)NCCCOc2ccc(C3=CC(C)(C(=O)O)C=CC=C3)cc2C#N)cc1C=C. The van der Waals surface area contributed by atoms with Crippen LogP contribution in [0.4, 0.5) is 0 Å². The Kier molecular flexibility index (Phi) is 9.28. The summed E-state index contributed by atoms with van der Waals surface area (Å²) in [7, 11) is 0. The molecule has 0 saturated heterocycles. The molecule has 1 aliphatic carbocycles. The number of nitrogens with one attached hydrogen (secondary N) is 1. The van der Waals surface area contributed by atoms with Gasteiger partial charge in [0.15, 0.2) is 0 Å². The fourth-order valence-corrected chi connectivity index (χ4v) is 4.42. The first-order valence-electron chi connectivity index (χ1n) is 12.7. The smallest absolute Gasteiger partial charge is 0.317 e. The van der Waals surface area contributed by atoms with Crippen molar-refractivity contribution in [3.63, 3.8) is 0 Å². The molecule has 3 rings (SSSR count). The molecule has 1 atom stereocenters. The average Bonchev–Trinajstić information content (AvgIpc) is 3.10. The van der Waals surface area contributed by atoms with E-state index in [0.717, 1.165) is 41.6 Å². The Balaban J connectivity index is 1.57. The van der Waals surface area contributed by atoms with Crippen molar-refractivity contribution in [3.8, 4) is 11.8 Å². The largest absolute Gasteiger partial charge is 0.492 e. The van der Waals surface area contributed by atoms with Gasteiger partial charge in [0.1, 0.15) is 17.2 Å². The zero-order chi connectivity index (χ0) is 27.8. The molecule has 0 aromatic heterocycles. The van der Waals surface area contributed by atoms with Crippen LogP contribution < -0.4 is 10.1 Å². The van der Waals surface area contributed by atoms with Gasteiger partial charge in [-0.25, -0.2) is 0 Å². The monoisotopic (exact) mass is 508 g/mol. The van der Waals surface area contributed by atoms with Crippen LogP contribution in [-0.2, 0) is 11.2 Å². The van der Waals surface area contributed by atoms with Crippen LogP contribution in [0, 0.1) is 16.7 Å². The number of carboxylic acid groups (broad SMARTS) is 1. The molecule has 38 heavy (non-hydrogen) atoms. The van der Waals surface area contributed by atoms with Gasteiger partial charge in [0.2, 0.25) is 0 Å².